The first-order valence-corrected chi connectivity index (χ1v) is 5.63. The molecule has 0 aromatic carbocycles. The Morgan fingerprint density at radius 2 is 1.64 bits per heavy atom. The molecule has 0 atom stereocenters. The van der Waals surface area contributed by atoms with Gasteiger partial charge >= 0.3 is 77.9 Å². The average Bonchev–Trinajstić information content (AvgIpc) is 1.89. The third-order valence-corrected chi connectivity index (χ3v) is 1.99. The second kappa shape index (κ2) is 22.6. The summed E-state index contributed by atoms with van der Waals surface area (Å²) in [4.78, 5) is 9.37. The summed E-state index contributed by atoms with van der Waals surface area (Å²) in [5, 5.41) is 0. The molecule has 0 fully saturated rings. The summed E-state index contributed by atoms with van der Waals surface area (Å²) in [6.07, 6.45) is 3.38. The normalized spacial score (nSPS) is 5.64. The van der Waals surface area contributed by atoms with Crippen LogP contribution in [-0.4, -0.2) is 61.8 Å². The zero-order valence-corrected chi connectivity index (χ0v) is 9.26. The fourth-order valence-electron chi connectivity index (χ4n) is 0. The van der Waals surface area contributed by atoms with Gasteiger partial charge < -0.3 is 5.48 Å². The topological polar surface area (TPSA) is 83.8 Å². The summed E-state index contributed by atoms with van der Waals surface area (Å²) in [5.74, 6) is 0. The monoisotopic (exact) mass is 312 g/mol. The van der Waals surface area contributed by atoms with E-state index < -0.39 is 6.09 Å². The predicted molar refractivity (Wildman–Crippen MR) is 49.9 cm³/mol. The van der Waals surface area contributed by atoms with Crippen molar-refractivity contribution in [1.29, 1.82) is 0 Å². The molecular formula is C3H12CaMoNO3S2. The Balaban J connectivity index is -0.0000000383. The summed E-state index contributed by atoms with van der Waals surface area (Å²) in [6, 6.07) is 0. The molecule has 0 spiro atoms. The maximum absolute atomic E-state index is 9.37. The molecule has 67 valence electrons. The molecule has 0 aromatic rings. The number of amides is 1. The van der Waals surface area contributed by atoms with E-state index in [9.17, 15) is 4.79 Å². The Morgan fingerprint density at radius 3 is 1.64 bits per heavy atom. The first-order chi connectivity index (χ1) is 4.18. The van der Waals surface area contributed by atoms with Crippen LogP contribution in [-0.2, 0) is 23.6 Å². The van der Waals surface area contributed by atoms with Crippen molar-refractivity contribution in [2.24, 2.45) is 5.73 Å². The fraction of sp³-hybridized carbons (Fsp3) is 0.667. The van der Waals surface area contributed by atoms with E-state index in [2.05, 4.69) is 21.6 Å². The summed E-state index contributed by atoms with van der Waals surface area (Å²) >= 11 is 1.17. The van der Waals surface area contributed by atoms with Gasteiger partial charge in [0.05, 0.1) is 0 Å². The molecule has 0 heterocycles. The zero-order valence-electron chi connectivity index (χ0n) is 5.62. The quantitative estimate of drug-likeness (QED) is 0.519. The summed E-state index contributed by atoms with van der Waals surface area (Å²) < 4.78 is 3.90. The molecule has 0 aliphatic heterocycles. The van der Waals surface area contributed by atoms with Gasteiger partial charge in [0.25, 0.3) is 0 Å². The Bertz CT molecular complexity index is 77.6. The standard InChI is InChI=1S/C2H6S2.CH3NO2.Ca.Mo.H2O.2H/c1-3-4-2;2-1(3)4;;;;;/h1-2H3;2H2,(H,3,4);;;1H2;;/q;;;+1;;;/p-1. The fourth-order valence-corrected chi connectivity index (χ4v) is 0. The van der Waals surface area contributed by atoms with Gasteiger partial charge in [-0.3, -0.25) is 0 Å². The van der Waals surface area contributed by atoms with Crippen molar-refractivity contribution in [3.05, 3.63) is 0 Å². The first kappa shape index (κ1) is 23.1. The van der Waals surface area contributed by atoms with Crippen LogP contribution in [0.2, 0.25) is 0 Å². The third-order valence-electron chi connectivity index (χ3n) is 0.249. The van der Waals surface area contributed by atoms with Crippen molar-refractivity contribution in [3.8, 4) is 0 Å². The molecule has 0 radical (unpaired) electrons. The van der Waals surface area contributed by atoms with E-state index in [4.69, 9.17) is 0 Å². The summed E-state index contributed by atoms with van der Waals surface area (Å²) in [6.45, 7) is 0. The van der Waals surface area contributed by atoms with Gasteiger partial charge in [0.15, 0.2) is 0 Å². The van der Waals surface area contributed by atoms with Crippen LogP contribution >= 0.6 is 21.6 Å². The second-order valence-corrected chi connectivity index (χ2v) is 3.81. The van der Waals surface area contributed by atoms with Crippen LogP contribution in [0, 0.1) is 0 Å². The molecule has 1 amide bonds. The van der Waals surface area contributed by atoms with Crippen LogP contribution in [0.4, 0.5) is 4.79 Å². The van der Waals surface area contributed by atoms with Crippen LogP contribution < -0.4 is 5.73 Å². The first-order valence-electron chi connectivity index (χ1n) is 1.85. The van der Waals surface area contributed by atoms with Gasteiger partial charge in [-0.2, -0.15) is 0 Å². The van der Waals surface area contributed by atoms with E-state index in [1.165, 1.54) is 20.2 Å². The second-order valence-electron chi connectivity index (χ2n) is 0.736. The van der Waals surface area contributed by atoms with E-state index in [0.717, 1.165) is 0 Å². The average molecular weight is 310 g/mol. The number of carbonyl (C=O) groups is 1. The molecule has 0 saturated heterocycles. The van der Waals surface area contributed by atoms with Crippen molar-refractivity contribution in [1.82, 2.24) is 0 Å². The molecule has 0 unspecified atom stereocenters. The number of hydrogen-bond donors (Lipinski definition) is 1. The molecule has 8 heteroatoms. The maximum atomic E-state index is 9.37. The van der Waals surface area contributed by atoms with E-state index in [-0.39, 0.29) is 43.2 Å². The summed E-state index contributed by atoms with van der Waals surface area (Å²) in [7, 11) is 3.55. The van der Waals surface area contributed by atoms with Gasteiger partial charge in [-0.05, 0) is 12.5 Å². The number of primary amides is 1. The number of rotatable bonds is 1. The minimum atomic E-state index is -0.741. The van der Waals surface area contributed by atoms with Gasteiger partial charge in [-0.1, -0.05) is 21.6 Å². The van der Waals surface area contributed by atoms with Crippen LogP contribution in [0.5, 0.6) is 0 Å². The number of hydrogen-bond acceptors (Lipinski definition) is 4. The van der Waals surface area contributed by atoms with Crippen molar-refractivity contribution < 1.29 is 33.9 Å². The Hall–Kier alpha value is 1.88. The molecule has 4 N–H and O–H groups in total. The molecule has 0 bridgehead atoms. The molecule has 4 nitrogen and oxygen atoms in total. The van der Waals surface area contributed by atoms with Gasteiger partial charge in [-0.25, -0.2) is 0 Å². The Labute approximate surface area is 116 Å². The van der Waals surface area contributed by atoms with Crippen LogP contribution in [0.15, 0.2) is 0 Å². The van der Waals surface area contributed by atoms with Crippen LogP contribution in [0.3, 0.4) is 0 Å². The molecule has 0 saturated carbocycles. The Kier molecular flexibility index (Phi) is 47.5. The molecule has 0 aromatic heterocycles. The van der Waals surface area contributed by atoms with Gasteiger partial charge in [0.2, 0.25) is 0 Å². The molecular weight excluding hydrogens is 298 g/mol. The zero-order chi connectivity index (χ0) is 7.70. The molecule has 0 rings (SSSR count). The number of carbonyl (C=O) groups excluding carboxylic acids is 1. The van der Waals surface area contributed by atoms with E-state index >= 15 is 0 Å². The molecule has 0 aliphatic rings. The van der Waals surface area contributed by atoms with Crippen molar-refractivity contribution in [2.75, 3.05) is 12.5 Å². The summed E-state index contributed by atoms with van der Waals surface area (Å²) in [5.41, 5.74) is 4.43. The van der Waals surface area contributed by atoms with Crippen molar-refractivity contribution in [3.63, 3.8) is 0 Å². The molecule has 11 heavy (non-hydrogen) atoms. The van der Waals surface area contributed by atoms with E-state index in [1.54, 1.807) is 21.6 Å². The van der Waals surface area contributed by atoms with Gasteiger partial charge in [-0.15, -0.1) is 0 Å². The van der Waals surface area contributed by atoms with Crippen LogP contribution in [0.25, 0.3) is 0 Å². The van der Waals surface area contributed by atoms with Crippen molar-refractivity contribution >= 4 is 65.4 Å². The SMILES string of the molecule is CSSC.NC(=O)[O][Mo].O.[CaH2]. The third kappa shape index (κ3) is 48.7. The Morgan fingerprint density at radius 1 is 1.45 bits per heavy atom. The number of nitrogens with two attached hydrogens (primary N) is 1. The minimum absolute atomic E-state index is 0. The predicted octanol–water partition coefficient (Wildman–Crippen LogP) is -0.570. The molecule has 0 aliphatic carbocycles. The van der Waals surface area contributed by atoms with Gasteiger partial charge in [0.1, 0.15) is 0 Å². The van der Waals surface area contributed by atoms with Crippen LogP contribution in [0.1, 0.15) is 0 Å². The van der Waals surface area contributed by atoms with Crippen molar-refractivity contribution in [2.45, 2.75) is 0 Å². The van der Waals surface area contributed by atoms with E-state index in [1.807, 2.05) is 0 Å². The van der Waals surface area contributed by atoms with Gasteiger partial charge in [0, 0.05) is 0 Å². The van der Waals surface area contributed by atoms with E-state index in [0.29, 0.717) is 0 Å².